The van der Waals surface area contributed by atoms with Crippen molar-refractivity contribution >= 4 is 38.5 Å². The van der Waals surface area contributed by atoms with Gasteiger partial charge in [0.05, 0.1) is 10.2 Å². The van der Waals surface area contributed by atoms with Crippen LogP contribution in [-0.4, -0.2) is 52.9 Å². The fourth-order valence-corrected chi connectivity index (χ4v) is 4.42. The molecule has 0 spiro atoms. The lowest BCUT2D eigenvalue weighted by molar-refractivity contribution is -0.129. The predicted octanol–water partition coefficient (Wildman–Crippen LogP) is 3.27. The van der Waals surface area contributed by atoms with Gasteiger partial charge in [0.2, 0.25) is 5.91 Å². The van der Waals surface area contributed by atoms with E-state index >= 15 is 0 Å². The minimum Gasteiger partial charge on any atom is -0.457 e. The van der Waals surface area contributed by atoms with Crippen LogP contribution in [0.3, 0.4) is 0 Å². The van der Waals surface area contributed by atoms with E-state index in [-0.39, 0.29) is 17.9 Å². The molecule has 9 heteroatoms. The number of ether oxygens (including phenoxy) is 1. The van der Waals surface area contributed by atoms with Crippen LogP contribution in [0.1, 0.15) is 30.3 Å². The van der Waals surface area contributed by atoms with Crippen molar-refractivity contribution in [1.29, 1.82) is 0 Å². The maximum atomic E-state index is 11.8. The molecule has 0 bridgehead atoms. The molecular weight excluding hydrogens is 402 g/mol. The highest BCUT2D eigenvalue weighted by Crippen LogP contribution is 2.32. The molecule has 3 aromatic rings. The van der Waals surface area contributed by atoms with Gasteiger partial charge in [-0.05, 0) is 31.0 Å². The number of anilines is 1. The zero-order valence-electron chi connectivity index (χ0n) is 16.8. The second-order valence-electron chi connectivity index (χ2n) is 7.16. The van der Waals surface area contributed by atoms with Gasteiger partial charge in [-0.25, -0.2) is 4.98 Å². The first kappa shape index (κ1) is 20.1. The number of likely N-dealkylation sites (tertiary alicyclic amines) is 1. The summed E-state index contributed by atoms with van der Waals surface area (Å²) in [6.07, 6.45) is 3.55. The van der Waals surface area contributed by atoms with Crippen LogP contribution in [0.4, 0.5) is 5.13 Å². The van der Waals surface area contributed by atoms with Gasteiger partial charge in [0.25, 0.3) is 5.91 Å². The number of rotatable bonds is 5. The molecule has 2 N–H and O–H groups in total. The van der Waals surface area contributed by atoms with Crippen molar-refractivity contribution in [3.05, 3.63) is 42.2 Å². The molecule has 1 atom stereocenters. The lowest BCUT2D eigenvalue weighted by atomic mass is 10.1. The van der Waals surface area contributed by atoms with E-state index in [9.17, 15) is 9.59 Å². The highest BCUT2D eigenvalue weighted by molar-refractivity contribution is 7.22. The number of carbonyl (C=O) groups excluding carboxylic acids is 2. The molecule has 0 saturated carbocycles. The Hall–Kier alpha value is -3.20. The molecular formula is C21H23N5O3S. The second-order valence-corrected chi connectivity index (χ2v) is 8.19. The Morgan fingerprint density at radius 3 is 2.87 bits per heavy atom. The van der Waals surface area contributed by atoms with Gasteiger partial charge in [0, 0.05) is 51.4 Å². The topological polar surface area (TPSA) is 96.5 Å². The minimum atomic E-state index is -0.264. The third-order valence-corrected chi connectivity index (χ3v) is 5.93. The quantitative estimate of drug-likeness (QED) is 0.651. The van der Waals surface area contributed by atoms with Crippen molar-refractivity contribution < 1.29 is 14.3 Å². The van der Waals surface area contributed by atoms with Crippen LogP contribution in [0.25, 0.3) is 10.2 Å². The number of carbonyl (C=O) groups is 2. The number of fused-ring (bicyclic) bond motifs is 1. The first-order valence-electron chi connectivity index (χ1n) is 9.80. The van der Waals surface area contributed by atoms with E-state index < -0.39 is 0 Å². The Morgan fingerprint density at radius 2 is 2.07 bits per heavy atom. The second kappa shape index (κ2) is 8.66. The van der Waals surface area contributed by atoms with E-state index in [2.05, 4.69) is 20.6 Å². The summed E-state index contributed by atoms with van der Waals surface area (Å²) < 4.78 is 6.91. The largest absolute Gasteiger partial charge is 0.457 e. The van der Waals surface area contributed by atoms with Gasteiger partial charge in [-0.2, -0.15) is 0 Å². The molecule has 0 aliphatic carbocycles. The van der Waals surface area contributed by atoms with E-state index in [1.165, 1.54) is 0 Å². The monoisotopic (exact) mass is 425 g/mol. The Kier molecular flexibility index (Phi) is 5.80. The third-order valence-electron chi connectivity index (χ3n) is 4.98. The Balaban J connectivity index is 1.47. The van der Waals surface area contributed by atoms with E-state index in [0.717, 1.165) is 34.7 Å². The maximum absolute atomic E-state index is 11.8. The molecule has 8 nitrogen and oxygen atoms in total. The van der Waals surface area contributed by atoms with Crippen molar-refractivity contribution in [3.8, 4) is 11.5 Å². The van der Waals surface area contributed by atoms with E-state index in [0.29, 0.717) is 23.7 Å². The van der Waals surface area contributed by atoms with Crippen LogP contribution in [0, 0.1) is 0 Å². The zero-order chi connectivity index (χ0) is 21.1. The van der Waals surface area contributed by atoms with Crippen LogP contribution in [-0.2, 0) is 4.79 Å². The molecule has 1 aromatic carbocycles. The fraction of sp³-hybridized carbons (Fsp3) is 0.333. The van der Waals surface area contributed by atoms with E-state index in [1.54, 1.807) is 43.6 Å². The van der Waals surface area contributed by atoms with Crippen molar-refractivity contribution in [2.45, 2.75) is 25.8 Å². The third kappa shape index (κ3) is 4.51. The van der Waals surface area contributed by atoms with Crippen LogP contribution >= 0.6 is 11.3 Å². The van der Waals surface area contributed by atoms with E-state index in [1.807, 2.05) is 23.1 Å². The number of hydrogen-bond acceptors (Lipinski definition) is 7. The summed E-state index contributed by atoms with van der Waals surface area (Å²) in [6.45, 7) is 3.14. The fourth-order valence-electron chi connectivity index (χ4n) is 3.45. The lowest BCUT2D eigenvalue weighted by Crippen LogP contribution is -2.44. The summed E-state index contributed by atoms with van der Waals surface area (Å²) >= 11 is 1.55. The number of amides is 2. The summed E-state index contributed by atoms with van der Waals surface area (Å²) in [5.41, 5.74) is 1.18. The number of piperidine rings is 1. The predicted molar refractivity (Wildman–Crippen MR) is 116 cm³/mol. The van der Waals surface area contributed by atoms with Gasteiger partial charge in [0.1, 0.15) is 17.2 Å². The molecule has 4 rings (SSSR count). The Bertz CT molecular complexity index is 1080. The molecule has 0 unspecified atom stereocenters. The van der Waals surface area contributed by atoms with Crippen molar-refractivity contribution in [1.82, 2.24) is 20.2 Å². The molecule has 30 heavy (non-hydrogen) atoms. The highest BCUT2D eigenvalue weighted by Gasteiger charge is 2.22. The standard InChI is InChI=1S/C21H23N5O3S/c1-13(27)26-9-3-4-14(12-26)24-21-25-17-6-5-15(11-19(17)30-21)29-16-7-8-23-18(10-16)20(28)22-2/h5-8,10-11,14H,3-4,9,12H2,1-2H3,(H,22,28)(H,24,25)/t14-/m1/s1. The van der Waals surface area contributed by atoms with Crippen LogP contribution in [0.2, 0.25) is 0 Å². The average Bonchev–Trinajstić information content (AvgIpc) is 3.15. The normalized spacial score (nSPS) is 16.3. The number of nitrogens with zero attached hydrogens (tertiary/aromatic N) is 3. The number of aromatic nitrogens is 2. The van der Waals surface area contributed by atoms with Gasteiger partial charge in [-0.3, -0.25) is 14.6 Å². The molecule has 0 radical (unpaired) electrons. The molecule has 2 aromatic heterocycles. The first-order chi connectivity index (χ1) is 14.5. The van der Waals surface area contributed by atoms with Gasteiger partial charge >= 0.3 is 0 Å². The zero-order valence-corrected chi connectivity index (χ0v) is 17.7. The summed E-state index contributed by atoms with van der Waals surface area (Å²) in [5, 5.41) is 6.86. The van der Waals surface area contributed by atoms with Crippen molar-refractivity contribution in [2.75, 3.05) is 25.5 Å². The Morgan fingerprint density at radius 1 is 1.23 bits per heavy atom. The number of pyridine rings is 1. The number of thiazole rings is 1. The van der Waals surface area contributed by atoms with Crippen LogP contribution in [0.15, 0.2) is 36.5 Å². The molecule has 2 amide bonds. The Labute approximate surface area is 178 Å². The van der Waals surface area contributed by atoms with Gasteiger partial charge < -0.3 is 20.3 Å². The summed E-state index contributed by atoms with van der Waals surface area (Å²) in [5.74, 6) is 1.05. The molecule has 1 fully saturated rings. The summed E-state index contributed by atoms with van der Waals surface area (Å²) in [6, 6.07) is 9.21. The summed E-state index contributed by atoms with van der Waals surface area (Å²) in [4.78, 5) is 34.0. The van der Waals surface area contributed by atoms with E-state index in [4.69, 9.17) is 4.74 Å². The van der Waals surface area contributed by atoms with Crippen LogP contribution < -0.4 is 15.4 Å². The number of nitrogens with one attached hydrogen (secondary N) is 2. The molecule has 1 saturated heterocycles. The van der Waals surface area contributed by atoms with Gasteiger partial charge in [-0.15, -0.1) is 0 Å². The molecule has 156 valence electrons. The summed E-state index contributed by atoms with van der Waals surface area (Å²) in [7, 11) is 1.56. The van der Waals surface area contributed by atoms with Crippen molar-refractivity contribution in [3.63, 3.8) is 0 Å². The van der Waals surface area contributed by atoms with Gasteiger partial charge in [0.15, 0.2) is 5.13 Å². The van der Waals surface area contributed by atoms with Crippen LogP contribution in [0.5, 0.6) is 11.5 Å². The SMILES string of the molecule is CNC(=O)c1cc(Oc2ccc3nc(N[C@@H]4CCCN(C(C)=O)C4)sc3c2)ccn1. The molecule has 1 aliphatic rings. The van der Waals surface area contributed by atoms with Gasteiger partial charge in [-0.1, -0.05) is 11.3 Å². The average molecular weight is 426 g/mol. The smallest absolute Gasteiger partial charge is 0.269 e. The minimum absolute atomic E-state index is 0.114. The number of benzene rings is 1. The lowest BCUT2D eigenvalue weighted by Gasteiger charge is -2.32. The molecule has 3 heterocycles. The maximum Gasteiger partial charge on any atom is 0.269 e. The highest BCUT2D eigenvalue weighted by atomic mass is 32.1. The van der Waals surface area contributed by atoms with Crippen molar-refractivity contribution in [2.24, 2.45) is 0 Å². The molecule has 1 aliphatic heterocycles. The number of hydrogen-bond donors (Lipinski definition) is 2. The first-order valence-corrected chi connectivity index (χ1v) is 10.6.